The Kier molecular flexibility index (Phi) is 3.28. The van der Waals surface area contributed by atoms with E-state index >= 15 is 0 Å². The minimum Gasteiger partial charge on any atom is -0.492 e. The van der Waals surface area contributed by atoms with Crippen molar-refractivity contribution >= 4 is 23.0 Å². The van der Waals surface area contributed by atoms with Crippen molar-refractivity contribution in [3.05, 3.63) is 29.5 Å². The first-order chi connectivity index (χ1) is 9.81. The molecular weight excluding hydrogens is 256 g/mol. The number of ether oxygens (including phenoxy) is 1. The fraction of sp³-hybridized carbons (Fsp3) is 0.286. The average Bonchev–Trinajstić information content (AvgIpc) is 2.85. The molecule has 0 fully saturated rings. The topological polar surface area (TPSA) is 99.7 Å². The van der Waals surface area contributed by atoms with Crippen molar-refractivity contribution in [2.24, 2.45) is 10.7 Å². The number of aromatic nitrogens is 1. The standard InChI is InChI=1S/C14H16N4O2/c15-4-2-5-17-8-9-7-11-12(14(16)18-20-11)13-10(9)3-1-6-19-13/h2,4-5,7H,1,3,6,8,15H2,(H2,16,18). The molecule has 0 saturated heterocycles. The summed E-state index contributed by atoms with van der Waals surface area (Å²) in [5.74, 6) is 1.17. The molecule has 4 N–H and O–H groups in total. The molecule has 2 aromatic rings. The zero-order chi connectivity index (χ0) is 13.9. The van der Waals surface area contributed by atoms with Gasteiger partial charge < -0.3 is 20.7 Å². The number of rotatable bonds is 3. The molecule has 0 saturated carbocycles. The number of fused-ring (bicyclic) bond motifs is 3. The molecule has 6 heteroatoms. The Bertz CT molecular complexity index is 688. The van der Waals surface area contributed by atoms with E-state index in [1.807, 2.05) is 6.07 Å². The molecule has 104 valence electrons. The zero-order valence-corrected chi connectivity index (χ0v) is 11.0. The third-order valence-electron chi connectivity index (χ3n) is 3.32. The van der Waals surface area contributed by atoms with Gasteiger partial charge in [0.1, 0.15) is 11.1 Å². The molecule has 20 heavy (non-hydrogen) atoms. The van der Waals surface area contributed by atoms with Crippen molar-refractivity contribution in [3.63, 3.8) is 0 Å². The summed E-state index contributed by atoms with van der Waals surface area (Å²) in [6, 6.07) is 1.94. The number of nitrogens with zero attached hydrogens (tertiary/aromatic N) is 2. The summed E-state index contributed by atoms with van der Waals surface area (Å²) >= 11 is 0. The monoisotopic (exact) mass is 272 g/mol. The lowest BCUT2D eigenvalue weighted by Crippen LogP contribution is -2.11. The van der Waals surface area contributed by atoms with Crippen LogP contribution in [0.25, 0.3) is 11.0 Å². The van der Waals surface area contributed by atoms with Crippen LogP contribution < -0.4 is 16.2 Å². The molecule has 0 aliphatic carbocycles. The Balaban J connectivity index is 2.07. The summed E-state index contributed by atoms with van der Waals surface area (Å²) in [7, 11) is 0. The van der Waals surface area contributed by atoms with Crippen LogP contribution >= 0.6 is 0 Å². The number of allylic oxidation sites excluding steroid dienone is 1. The maximum absolute atomic E-state index is 5.85. The van der Waals surface area contributed by atoms with E-state index in [4.69, 9.17) is 20.7 Å². The second-order valence-corrected chi connectivity index (χ2v) is 4.61. The van der Waals surface area contributed by atoms with E-state index in [1.165, 1.54) is 6.20 Å². The van der Waals surface area contributed by atoms with E-state index in [0.717, 1.165) is 35.1 Å². The molecule has 3 rings (SSSR count). The molecule has 1 aromatic carbocycles. The minimum atomic E-state index is 0.374. The second-order valence-electron chi connectivity index (χ2n) is 4.61. The van der Waals surface area contributed by atoms with Gasteiger partial charge in [0.15, 0.2) is 11.4 Å². The highest BCUT2D eigenvalue weighted by Gasteiger charge is 2.22. The first-order valence-corrected chi connectivity index (χ1v) is 6.50. The van der Waals surface area contributed by atoms with Crippen molar-refractivity contribution in [1.82, 2.24) is 5.16 Å². The molecule has 0 spiro atoms. The van der Waals surface area contributed by atoms with Crippen LogP contribution in [-0.2, 0) is 13.0 Å². The van der Waals surface area contributed by atoms with Crippen LogP contribution in [-0.4, -0.2) is 18.0 Å². The third kappa shape index (κ3) is 2.09. The highest BCUT2D eigenvalue weighted by Crippen LogP contribution is 2.39. The maximum atomic E-state index is 5.85. The molecule has 1 aliphatic heterocycles. The number of anilines is 1. The average molecular weight is 272 g/mol. The van der Waals surface area contributed by atoms with Crippen LogP contribution in [0.3, 0.4) is 0 Å². The van der Waals surface area contributed by atoms with Crippen LogP contribution in [0.15, 0.2) is 27.9 Å². The highest BCUT2D eigenvalue weighted by atomic mass is 16.5. The Morgan fingerprint density at radius 1 is 1.45 bits per heavy atom. The normalized spacial score (nSPS) is 15.0. The number of nitrogen functional groups attached to an aromatic ring is 1. The maximum Gasteiger partial charge on any atom is 0.178 e. The first-order valence-electron chi connectivity index (χ1n) is 6.50. The smallest absolute Gasteiger partial charge is 0.178 e. The summed E-state index contributed by atoms with van der Waals surface area (Å²) in [5.41, 5.74) is 14.0. The minimum absolute atomic E-state index is 0.374. The van der Waals surface area contributed by atoms with Crippen LogP contribution in [0.5, 0.6) is 5.75 Å². The molecule has 1 aliphatic rings. The van der Waals surface area contributed by atoms with Gasteiger partial charge in [-0.25, -0.2) is 0 Å². The molecule has 1 aromatic heterocycles. The van der Waals surface area contributed by atoms with Gasteiger partial charge in [0.2, 0.25) is 0 Å². The van der Waals surface area contributed by atoms with Crippen LogP contribution in [0.1, 0.15) is 17.5 Å². The van der Waals surface area contributed by atoms with Gasteiger partial charge in [-0.15, -0.1) is 0 Å². The summed E-state index contributed by atoms with van der Waals surface area (Å²) in [6.07, 6.45) is 6.75. The highest BCUT2D eigenvalue weighted by molar-refractivity contribution is 5.95. The largest absolute Gasteiger partial charge is 0.492 e. The lowest BCUT2D eigenvalue weighted by Gasteiger charge is -2.20. The number of hydrogen-bond acceptors (Lipinski definition) is 6. The Morgan fingerprint density at radius 3 is 3.20 bits per heavy atom. The summed E-state index contributed by atoms with van der Waals surface area (Å²) in [6.45, 7) is 1.24. The van der Waals surface area contributed by atoms with E-state index in [9.17, 15) is 0 Å². The predicted molar refractivity (Wildman–Crippen MR) is 77.8 cm³/mol. The van der Waals surface area contributed by atoms with Gasteiger partial charge in [-0.2, -0.15) is 0 Å². The van der Waals surface area contributed by atoms with Crippen molar-refractivity contribution in [2.75, 3.05) is 12.3 Å². The van der Waals surface area contributed by atoms with Gasteiger partial charge >= 0.3 is 0 Å². The van der Waals surface area contributed by atoms with E-state index in [2.05, 4.69) is 10.1 Å². The van der Waals surface area contributed by atoms with Gasteiger partial charge in [0.05, 0.1) is 13.2 Å². The van der Waals surface area contributed by atoms with Gasteiger partial charge in [-0.05, 0) is 36.7 Å². The third-order valence-corrected chi connectivity index (χ3v) is 3.32. The van der Waals surface area contributed by atoms with E-state index in [0.29, 0.717) is 24.6 Å². The molecule has 0 radical (unpaired) electrons. The summed E-state index contributed by atoms with van der Waals surface area (Å²) in [5, 5.41) is 4.58. The van der Waals surface area contributed by atoms with Crippen molar-refractivity contribution in [3.8, 4) is 5.75 Å². The first kappa shape index (κ1) is 12.5. The number of benzene rings is 1. The zero-order valence-electron chi connectivity index (χ0n) is 11.0. The van der Waals surface area contributed by atoms with Gasteiger partial charge in [0.25, 0.3) is 0 Å². The molecule has 0 atom stereocenters. The molecule has 6 nitrogen and oxygen atoms in total. The summed E-state index contributed by atoms with van der Waals surface area (Å²) < 4.78 is 11.0. The number of hydrogen-bond donors (Lipinski definition) is 2. The summed E-state index contributed by atoms with van der Waals surface area (Å²) in [4.78, 5) is 4.31. The number of aliphatic imine (C=N–C) groups is 1. The second kappa shape index (κ2) is 5.24. The fourth-order valence-corrected chi connectivity index (χ4v) is 2.44. The SMILES string of the molecule is NC=CC=NCc1cc2onc(N)c2c2c1CCCO2. The van der Waals surface area contributed by atoms with Gasteiger partial charge in [-0.3, -0.25) is 4.99 Å². The van der Waals surface area contributed by atoms with Crippen molar-refractivity contribution < 1.29 is 9.26 Å². The lowest BCUT2D eigenvalue weighted by molar-refractivity contribution is 0.291. The number of nitrogens with two attached hydrogens (primary N) is 2. The molecule has 0 amide bonds. The van der Waals surface area contributed by atoms with Crippen molar-refractivity contribution in [2.45, 2.75) is 19.4 Å². The van der Waals surface area contributed by atoms with Crippen molar-refractivity contribution in [1.29, 1.82) is 0 Å². The predicted octanol–water partition coefficient (Wildman–Crippen LogP) is 1.78. The lowest BCUT2D eigenvalue weighted by atomic mass is 9.97. The van der Waals surface area contributed by atoms with Crippen LogP contribution in [0.2, 0.25) is 0 Å². The molecule has 0 unspecified atom stereocenters. The van der Waals surface area contributed by atoms with Crippen LogP contribution in [0, 0.1) is 0 Å². The molecule has 0 bridgehead atoms. The Labute approximate surface area is 116 Å². The fourth-order valence-electron chi connectivity index (χ4n) is 2.44. The quantitative estimate of drug-likeness (QED) is 0.829. The van der Waals surface area contributed by atoms with E-state index in [-0.39, 0.29) is 0 Å². The Hall–Kier alpha value is -2.50. The molecular formula is C14H16N4O2. The molecule has 2 heterocycles. The van der Waals surface area contributed by atoms with E-state index < -0.39 is 0 Å². The van der Waals surface area contributed by atoms with E-state index in [1.54, 1.807) is 12.3 Å². The van der Waals surface area contributed by atoms with Gasteiger partial charge in [-0.1, -0.05) is 5.16 Å². The van der Waals surface area contributed by atoms with Gasteiger partial charge in [0, 0.05) is 11.8 Å². The Morgan fingerprint density at radius 2 is 2.35 bits per heavy atom. The van der Waals surface area contributed by atoms with Crippen LogP contribution in [0.4, 0.5) is 5.82 Å².